The number of benzene rings is 1. The van der Waals surface area contributed by atoms with Crippen LogP contribution in [-0.4, -0.2) is 39.5 Å². The number of carbonyl (C=O) groups is 1. The molecule has 0 aliphatic carbocycles. The standard InChI is InChI=1S/C18H24N2O4/c1-18(2,3)24-17(23)20-10-8-15(21)16(22)13-6-4-5-12-7-9-19-11-14(12)13/h4-7,9,11,15-16,21-22H,8,10H2,1-3H3,(H,20,23). The topological polar surface area (TPSA) is 91.7 Å². The summed E-state index contributed by atoms with van der Waals surface area (Å²) >= 11 is 0. The van der Waals surface area contributed by atoms with Crippen molar-refractivity contribution >= 4 is 16.9 Å². The molecule has 6 nitrogen and oxygen atoms in total. The van der Waals surface area contributed by atoms with Gasteiger partial charge in [-0.25, -0.2) is 4.79 Å². The molecule has 2 unspecified atom stereocenters. The lowest BCUT2D eigenvalue weighted by Gasteiger charge is -2.21. The van der Waals surface area contributed by atoms with E-state index in [0.29, 0.717) is 5.56 Å². The molecule has 0 radical (unpaired) electrons. The third-order valence-electron chi connectivity index (χ3n) is 3.51. The maximum absolute atomic E-state index is 11.6. The van der Waals surface area contributed by atoms with Crippen molar-refractivity contribution in [2.24, 2.45) is 0 Å². The number of ether oxygens (including phenoxy) is 1. The van der Waals surface area contributed by atoms with Crippen molar-refractivity contribution in [2.45, 2.75) is 45.0 Å². The monoisotopic (exact) mass is 332 g/mol. The van der Waals surface area contributed by atoms with E-state index in [1.807, 2.05) is 18.2 Å². The molecule has 130 valence electrons. The number of nitrogens with zero attached hydrogens (tertiary/aromatic N) is 1. The minimum Gasteiger partial charge on any atom is -0.444 e. The number of carbonyl (C=O) groups excluding carboxylic acids is 1. The van der Waals surface area contributed by atoms with E-state index in [-0.39, 0.29) is 13.0 Å². The smallest absolute Gasteiger partial charge is 0.407 e. The Kier molecular flexibility index (Phi) is 5.75. The van der Waals surface area contributed by atoms with Gasteiger partial charge in [0.2, 0.25) is 0 Å². The van der Waals surface area contributed by atoms with Crippen molar-refractivity contribution in [3.8, 4) is 0 Å². The van der Waals surface area contributed by atoms with Gasteiger partial charge >= 0.3 is 6.09 Å². The van der Waals surface area contributed by atoms with Crippen LogP contribution in [0.25, 0.3) is 10.8 Å². The fourth-order valence-corrected chi connectivity index (χ4v) is 2.40. The molecule has 0 fully saturated rings. The molecule has 1 amide bonds. The van der Waals surface area contributed by atoms with Crippen molar-refractivity contribution in [2.75, 3.05) is 6.54 Å². The molecule has 2 aromatic rings. The van der Waals surface area contributed by atoms with Gasteiger partial charge in [0.15, 0.2) is 0 Å². The molecular formula is C18H24N2O4. The first kappa shape index (κ1) is 18.2. The Morgan fingerprint density at radius 3 is 2.75 bits per heavy atom. The second kappa shape index (κ2) is 7.59. The molecule has 0 aliphatic heterocycles. The number of aromatic nitrogens is 1. The van der Waals surface area contributed by atoms with Crippen LogP contribution in [-0.2, 0) is 4.74 Å². The maximum atomic E-state index is 11.6. The number of aliphatic hydroxyl groups excluding tert-OH is 2. The molecule has 2 rings (SSSR count). The van der Waals surface area contributed by atoms with E-state index in [9.17, 15) is 15.0 Å². The highest BCUT2D eigenvalue weighted by Crippen LogP contribution is 2.26. The first-order valence-electron chi connectivity index (χ1n) is 7.93. The van der Waals surface area contributed by atoms with Gasteiger partial charge in [0.25, 0.3) is 0 Å². The van der Waals surface area contributed by atoms with Gasteiger partial charge < -0.3 is 20.3 Å². The Morgan fingerprint density at radius 2 is 2.04 bits per heavy atom. The Hall–Kier alpha value is -2.18. The lowest BCUT2D eigenvalue weighted by molar-refractivity contribution is 0.0131. The summed E-state index contributed by atoms with van der Waals surface area (Å²) in [7, 11) is 0. The van der Waals surface area contributed by atoms with Crippen molar-refractivity contribution in [3.05, 3.63) is 42.2 Å². The molecular weight excluding hydrogens is 308 g/mol. The van der Waals surface area contributed by atoms with Crippen molar-refractivity contribution in [3.63, 3.8) is 0 Å². The highest BCUT2D eigenvalue weighted by molar-refractivity contribution is 5.85. The molecule has 1 aromatic carbocycles. The zero-order valence-electron chi connectivity index (χ0n) is 14.2. The van der Waals surface area contributed by atoms with Gasteiger partial charge in [0.05, 0.1) is 6.10 Å². The third kappa shape index (κ3) is 4.91. The van der Waals surface area contributed by atoms with Crippen LogP contribution in [0, 0.1) is 0 Å². The van der Waals surface area contributed by atoms with Gasteiger partial charge in [-0.2, -0.15) is 0 Å². The Bertz CT molecular complexity index is 691. The lowest BCUT2D eigenvalue weighted by Crippen LogP contribution is -2.34. The molecule has 3 N–H and O–H groups in total. The van der Waals surface area contributed by atoms with E-state index < -0.39 is 23.9 Å². The molecule has 0 saturated heterocycles. The fraction of sp³-hybridized carbons (Fsp3) is 0.444. The van der Waals surface area contributed by atoms with E-state index in [1.54, 1.807) is 39.2 Å². The number of nitrogens with one attached hydrogen (secondary N) is 1. The summed E-state index contributed by atoms with van der Waals surface area (Å²) in [6.45, 7) is 5.54. The Labute approximate surface area is 141 Å². The highest BCUT2D eigenvalue weighted by atomic mass is 16.6. The first-order valence-corrected chi connectivity index (χ1v) is 7.93. The lowest BCUT2D eigenvalue weighted by atomic mass is 9.97. The van der Waals surface area contributed by atoms with Crippen molar-refractivity contribution in [1.82, 2.24) is 10.3 Å². The summed E-state index contributed by atoms with van der Waals surface area (Å²) < 4.78 is 5.12. The number of alkyl carbamates (subject to hydrolysis) is 1. The first-order chi connectivity index (χ1) is 11.3. The van der Waals surface area contributed by atoms with Gasteiger partial charge in [-0.15, -0.1) is 0 Å². The van der Waals surface area contributed by atoms with Crippen LogP contribution in [0.3, 0.4) is 0 Å². The summed E-state index contributed by atoms with van der Waals surface area (Å²) in [6.07, 6.45) is 0.943. The average molecular weight is 332 g/mol. The maximum Gasteiger partial charge on any atom is 0.407 e. The fourth-order valence-electron chi connectivity index (χ4n) is 2.40. The Balaban J connectivity index is 1.94. The van der Waals surface area contributed by atoms with E-state index in [4.69, 9.17) is 4.74 Å². The summed E-state index contributed by atoms with van der Waals surface area (Å²) in [5.74, 6) is 0. The quantitative estimate of drug-likeness (QED) is 0.782. The summed E-state index contributed by atoms with van der Waals surface area (Å²) in [5, 5.41) is 24.9. The van der Waals surface area contributed by atoms with Crippen LogP contribution < -0.4 is 5.32 Å². The molecule has 0 saturated carbocycles. The van der Waals surface area contributed by atoms with Crippen molar-refractivity contribution < 1.29 is 19.7 Å². The molecule has 0 aliphatic rings. The normalized spacial score (nSPS) is 14.2. The van der Waals surface area contributed by atoms with Gasteiger partial charge in [-0.3, -0.25) is 4.98 Å². The minimum absolute atomic E-state index is 0.205. The van der Waals surface area contributed by atoms with Crippen LogP contribution in [0.4, 0.5) is 4.79 Å². The zero-order chi connectivity index (χ0) is 17.7. The average Bonchev–Trinajstić information content (AvgIpc) is 2.51. The van der Waals surface area contributed by atoms with Gasteiger partial charge in [-0.1, -0.05) is 18.2 Å². The van der Waals surface area contributed by atoms with Crippen LogP contribution in [0.2, 0.25) is 0 Å². The third-order valence-corrected chi connectivity index (χ3v) is 3.51. The predicted molar refractivity (Wildman–Crippen MR) is 91.6 cm³/mol. The molecule has 1 heterocycles. The molecule has 0 spiro atoms. The second-order valence-corrected chi connectivity index (χ2v) is 6.67. The molecule has 0 bridgehead atoms. The van der Waals surface area contributed by atoms with E-state index in [1.165, 1.54) is 0 Å². The van der Waals surface area contributed by atoms with E-state index in [0.717, 1.165) is 10.8 Å². The predicted octanol–water partition coefficient (Wildman–Crippen LogP) is 2.54. The molecule has 2 atom stereocenters. The number of pyridine rings is 1. The minimum atomic E-state index is -1.06. The number of hydrogen-bond donors (Lipinski definition) is 3. The second-order valence-electron chi connectivity index (χ2n) is 6.67. The van der Waals surface area contributed by atoms with Crippen molar-refractivity contribution in [1.29, 1.82) is 0 Å². The summed E-state index contributed by atoms with van der Waals surface area (Å²) in [5.41, 5.74) is 0.0448. The SMILES string of the molecule is CC(C)(C)OC(=O)NCCC(O)C(O)c1cccc2ccncc12. The number of rotatable bonds is 5. The van der Waals surface area contributed by atoms with Gasteiger partial charge in [-0.05, 0) is 44.2 Å². The molecule has 24 heavy (non-hydrogen) atoms. The Morgan fingerprint density at radius 1 is 1.29 bits per heavy atom. The largest absolute Gasteiger partial charge is 0.444 e. The van der Waals surface area contributed by atoms with Gasteiger partial charge in [0, 0.05) is 24.3 Å². The molecule has 6 heteroatoms. The molecule has 1 aromatic heterocycles. The number of amides is 1. The van der Waals surface area contributed by atoms with Gasteiger partial charge in [0.1, 0.15) is 11.7 Å². The number of fused-ring (bicyclic) bond motifs is 1. The summed E-state index contributed by atoms with van der Waals surface area (Å²) in [4.78, 5) is 15.6. The zero-order valence-corrected chi connectivity index (χ0v) is 14.2. The van der Waals surface area contributed by atoms with Crippen LogP contribution in [0.5, 0.6) is 0 Å². The van der Waals surface area contributed by atoms with Crippen LogP contribution in [0.15, 0.2) is 36.7 Å². The van der Waals surface area contributed by atoms with Crippen LogP contribution >= 0.6 is 0 Å². The number of aliphatic hydroxyl groups is 2. The van der Waals surface area contributed by atoms with Crippen LogP contribution in [0.1, 0.15) is 38.9 Å². The highest BCUT2D eigenvalue weighted by Gasteiger charge is 2.21. The van der Waals surface area contributed by atoms with E-state index >= 15 is 0 Å². The number of hydrogen-bond acceptors (Lipinski definition) is 5. The van der Waals surface area contributed by atoms with E-state index in [2.05, 4.69) is 10.3 Å². The summed E-state index contributed by atoms with van der Waals surface area (Å²) in [6, 6.07) is 7.36.